The fraction of sp³-hybridized carbons (Fsp3) is 0.364. The number of nitro groups is 1. The van der Waals surface area contributed by atoms with E-state index in [2.05, 4.69) is 21.2 Å². The smallest absolute Gasteiger partial charge is 0.326 e. The van der Waals surface area contributed by atoms with Crippen LogP contribution in [0.25, 0.3) is 0 Å². The van der Waals surface area contributed by atoms with Crippen LogP contribution in [0.5, 0.6) is 0 Å². The highest BCUT2D eigenvalue weighted by atomic mass is 79.9. The molecule has 1 rings (SSSR count). The average molecular weight is 317 g/mol. The van der Waals surface area contributed by atoms with Gasteiger partial charge in [-0.3, -0.25) is 10.1 Å². The second-order valence-electron chi connectivity index (χ2n) is 4.13. The molecule has 0 spiro atoms. The van der Waals surface area contributed by atoms with Crippen molar-refractivity contribution in [2.75, 3.05) is 5.32 Å². The zero-order valence-corrected chi connectivity index (χ0v) is 11.5. The van der Waals surface area contributed by atoms with Crippen LogP contribution in [-0.4, -0.2) is 22.0 Å². The number of halogens is 1. The van der Waals surface area contributed by atoms with Gasteiger partial charge < -0.3 is 10.4 Å². The summed E-state index contributed by atoms with van der Waals surface area (Å²) >= 11 is 3.18. The van der Waals surface area contributed by atoms with E-state index in [1.54, 1.807) is 13.8 Å². The topological polar surface area (TPSA) is 92.5 Å². The molecule has 0 heterocycles. The summed E-state index contributed by atoms with van der Waals surface area (Å²) in [6.45, 7) is 3.57. The zero-order chi connectivity index (χ0) is 13.9. The van der Waals surface area contributed by atoms with Crippen molar-refractivity contribution in [3.63, 3.8) is 0 Å². The van der Waals surface area contributed by atoms with E-state index >= 15 is 0 Å². The number of benzene rings is 1. The fourth-order valence-corrected chi connectivity index (χ4v) is 1.90. The van der Waals surface area contributed by atoms with Crippen LogP contribution in [0.1, 0.15) is 13.8 Å². The molecule has 1 aromatic carbocycles. The van der Waals surface area contributed by atoms with Crippen LogP contribution in [0.4, 0.5) is 11.4 Å². The predicted molar refractivity (Wildman–Crippen MR) is 70.7 cm³/mol. The third kappa shape index (κ3) is 3.43. The van der Waals surface area contributed by atoms with Gasteiger partial charge in [0.05, 0.1) is 4.92 Å². The first-order chi connectivity index (χ1) is 8.32. The molecule has 0 aliphatic carbocycles. The molecule has 0 radical (unpaired) electrons. The molecule has 0 aliphatic heterocycles. The van der Waals surface area contributed by atoms with Crippen LogP contribution < -0.4 is 5.32 Å². The lowest BCUT2D eigenvalue weighted by Gasteiger charge is -2.19. The van der Waals surface area contributed by atoms with Gasteiger partial charge in [-0.25, -0.2) is 4.79 Å². The summed E-state index contributed by atoms with van der Waals surface area (Å²) in [5, 5.41) is 22.5. The highest BCUT2D eigenvalue weighted by Crippen LogP contribution is 2.28. The van der Waals surface area contributed by atoms with Crippen molar-refractivity contribution in [3.05, 3.63) is 32.8 Å². The van der Waals surface area contributed by atoms with E-state index < -0.39 is 16.9 Å². The number of hydrogen-bond donors (Lipinski definition) is 2. The van der Waals surface area contributed by atoms with E-state index in [0.717, 1.165) is 0 Å². The first-order valence-corrected chi connectivity index (χ1v) is 6.05. The minimum absolute atomic E-state index is 0.0520. The number of hydrogen-bond acceptors (Lipinski definition) is 4. The van der Waals surface area contributed by atoms with E-state index in [9.17, 15) is 14.9 Å². The fourth-order valence-electron chi connectivity index (χ4n) is 1.42. The van der Waals surface area contributed by atoms with E-state index in [-0.39, 0.29) is 11.6 Å². The first kappa shape index (κ1) is 14.4. The van der Waals surface area contributed by atoms with Crippen molar-refractivity contribution in [1.29, 1.82) is 0 Å². The molecule has 7 heteroatoms. The standard InChI is InChI=1S/C11H13BrN2O4/c1-6(2)10(11(15)16)13-9-4-3-7(14(17)18)5-8(9)12/h3-6,10,13H,1-2H3,(H,15,16). The number of carbonyl (C=O) groups is 1. The van der Waals surface area contributed by atoms with Gasteiger partial charge in [0, 0.05) is 22.3 Å². The molecule has 98 valence electrons. The zero-order valence-electron chi connectivity index (χ0n) is 9.88. The molecule has 0 saturated carbocycles. The summed E-state index contributed by atoms with van der Waals surface area (Å²) in [6.07, 6.45) is 0. The Hall–Kier alpha value is -1.63. The monoisotopic (exact) mass is 316 g/mol. The van der Waals surface area contributed by atoms with Crippen LogP contribution in [0, 0.1) is 16.0 Å². The second-order valence-corrected chi connectivity index (χ2v) is 4.98. The Morgan fingerprint density at radius 2 is 2.11 bits per heavy atom. The maximum atomic E-state index is 11.0. The van der Waals surface area contributed by atoms with Crippen molar-refractivity contribution in [2.24, 2.45) is 5.92 Å². The summed E-state index contributed by atoms with van der Waals surface area (Å²) in [5.41, 5.74) is 0.463. The molecule has 0 amide bonds. The van der Waals surface area contributed by atoms with Gasteiger partial charge in [0.25, 0.3) is 5.69 Å². The number of non-ortho nitro benzene ring substituents is 1. The molecular weight excluding hydrogens is 304 g/mol. The molecule has 1 unspecified atom stereocenters. The van der Waals surface area contributed by atoms with Crippen LogP contribution in [0.15, 0.2) is 22.7 Å². The summed E-state index contributed by atoms with van der Waals surface area (Å²) in [6, 6.07) is 3.40. The summed E-state index contributed by atoms with van der Waals surface area (Å²) in [5.74, 6) is -1.07. The molecule has 2 N–H and O–H groups in total. The third-order valence-electron chi connectivity index (χ3n) is 2.41. The van der Waals surface area contributed by atoms with Crippen LogP contribution in [0.2, 0.25) is 0 Å². The average Bonchev–Trinajstić information content (AvgIpc) is 2.25. The molecule has 1 aromatic rings. The number of aliphatic carboxylic acids is 1. The number of nitrogens with one attached hydrogen (secondary N) is 1. The molecule has 18 heavy (non-hydrogen) atoms. The van der Waals surface area contributed by atoms with Gasteiger partial charge in [-0.15, -0.1) is 0 Å². The van der Waals surface area contributed by atoms with Crippen LogP contribution >= 0.6 is 15.9 Å². The number of nitrogens with zero attached hydrogens (tertiary/aromatic N) is 1. The maximum Gasteiger partial charge on any atom is 0.326 e. The highest BCUT2D eigenvalue weighted by molar-refractivity contribution is 9.10. The SMILES string of the molecule is CC(C)C(Nc1ccc([N+](=O)[O-])cc1Br)C(=O)O. The first-order valence-electron chi connectivity index (χ1n) is 5.26. The molecule has 0 fully saturated rings. The Bertz CT molecular complexity index is 476. The number of carboxylic acid groups (broad SMARTS) is 1. The Kier molecular flexibility index (Phi) is 4.66. The second kappa shape index (κ2) is 5.81. The predicted octanol–water partition coefficient (Wildman–Crippen LogP) is 2.88. The third-order valence-corrected chi connectivity index (χ3v) is 3.06. The van der Waals surface area contributed by atoms with E-state index in [0.29, 0.717) is 10.2 Å². The van der Waals surface area contributed by atoms with Crippen LogP contribution in [0.3, 0.4) is 0 Å². The van der Waals surface area contributed by atoms with Crippen molar-refractivity contribution < 1.29 is 14.8 Å². The van der Waals surface area contributed by atoms with Gasteiger partial charge in [0.15, 0.2) is 0 Å². The normalized spacial score (nSPS) is 12.2. The highest BCUT2D eigenvalue weighted by Gasteiger charge is 2.22. The van der Waals surface area contributed by atoms with Gasteiger partial charge in [-0.1, -0.05) is 13.8 Å². The Morgan fingerprint density at radius 1 is 1.50 bits per heavy atom. The number of rotatable bonds is 5. The lowest BCUT2D eigenvalue weighted by molar-refractivity contribution is -0.384. The van der Waals surface area contributed by atoms with Crippen LogP contribution in [-0.2, 0) is 4.79 Å². The maximum absolute atomic E-state index is 11.0. The number of carboxylic acids is 1. The summed E-state index contributed by atoms with van der Waals surface area (Å²) < 4.78 is 0.462. The molecule has 6 nitrogen and oxygen atoms in total. The summed E-state index contributed by atoms with van der Waals surface area (Å²) in [4.78, 5) is 21.1. The lowest BCUT2D eigenvalue weighted by atomic mass is 10.0. The van der Waals surface area contributed by atoms with Crippen molar-refractivity contribution in [3.8, 4) is 0 Å². The number of nitro benzene ring substituents is 1. The lowest BCUT2D eigenvalue weighted by Crippen LogP contribution is -2.34. The van der Waals surface area contributed by atoms with Gasteiger partial charge in [0.1, 0.15) is 6.04 Å². The van der Waals surface area contributed by atoms with E-state index in [1.807, 2.05) is 0 Å². The Labute approximate surface area is 112 Å². The summed E-state index contributed by atoms with van der Waals surface area (Å²) in [7, 11) is 0. The van der Waals surface area contributed by atoms with E-state index in [1.165, 1.54) is 18.2 Å². The minimum Gasteiger partial charge on any atom is -0.480 e. The Morgan fingerprint density at radius 3 is 2.50 bits per heavy atom. The quantitative estimate of drug-likeness (QED) is 0.643. The van der Waals surface area contributed by atoms with Crippen molar-refractivity contribution >= 4 is 33.3 Å². The van der Waals surface area contributed by atoms with Gasteiger partial charge in [-0.05, 0) is 27.9 Å². The van der Waals surface area contributed by atoms with Gasteiger partial charge >= 0.3 is 5.97 Å². The van der Waals surface area contributed by atoms with Gasteiger partial charge in [-0.2, -0.15) is 0 Å². The Balaban J connectivity index is 2.97. The largest absolute Gasteiger partial charge is 0.480 e. The molecule has 0 saturated heterocycles. The molecule has 0 aliphatic rings. The minimum atomic E-state index is -0.963. The molecular formula is C11H13BrN2O4. The molecule has 0 bridgehead atoms. The van der Waals surface area contributed by atoms with E-state index in [4.69, 9.17) is 5.11 Å². The number of anilines is 1. The molecule has 1 atom stereocenters. The van der Waals surface area contributed by atoms with Gasteiger partial charge in [0.2, 0.25) is 0 Å². The van der Waals surface area contributed by atoms with Crippen molar-refractivity contribution in [2.45, 2.75) is 19.9 Å². The molecule has 0 aromatic heterocycles. The van der Waals surface area contributed by atoms with Crippen molar-refractivity contribution in [1.82, 2.24) is 0 Å².